The summed E-state index contributed by atoms with van der Waals surface area (Å²) in [5, 5.41) is 9.38. The topological polar surface area (TPSA) is 153 Å². The van der Waals surface area contributed by atoms with Crippen LogP contribution in [0.4, 0.5) is 23.0 Å². The zero-order chi connectivity index (χ0) is 39.8. The van der Waals surface area contributed by atoms with E-state index in [1.165, 1.54) is 24.0 Å². The van der Waals surface area contributed by atoms with E-state index in [2.05, 4.69) is 55.1 Å². The summed E-state index contributed by atoms with van der Waals surface area (Å²) in [7, 11) is 0. The Morgan fingerprint density at radius 2 is 1.59 bits per heavy atom. The zero-order valence-electron chi connectivity index (χ0n) is 32.5. The maximum Gasteiger partial charge on any atom is 0.249 e. The maximum absolute atomic E-state index is 14.0. The highest BCUT2D eigenvalue weighted by Crippen LogP contribution is 2.44. The summed E-state index contributed by atoms with van der Waals surface area (Å²) in [6.07, 6.45) is 12.3. The van der Waals surface area contributed by atoms with Gasteiger partial charge in [-0.25, -0.2) is 9.97 Å². The van der Waals surface area contributed by atoms with E-state index in [1.54, 1.807) is 18.6 Å². The third-order valence-electron chi connectivity index (χ3n) is 12.7. The highest BCUT2D eigenvalue weighted by Gasteiger charge is 2.49. The van der Waals surface area contributed by atoms with E-state index in [4.69, 9.17) is 16.6 Å². The van der Waals surface area contributed by atoms with Gasteiger partial charge < -0.3 is 20.4 Å². The van der Waals surface area contributed by atoms with E-state index in [9.17, 15) is 19.2 Å². The van der Waals surface area contributed by atoms with Crippen molar-refractivity contribution in [2.45, 2.75) is 75.7 Å². The molecule has 14 heteroatoms. The number of likely N-dealkylation sites (tertiary alicyclic amines) is 2. The molecular formula is C44H48ClN9O4. The summed E-state index contributed by atoms with van der Waals surface area (Å²) < 4.78 is 0. The number of imide groups is 1. The van der Waals surface area contributed by atoms with Gasteiger partial charge in [0.05, 0.1) is 52.6 Å². The van der Waals surface area contributed by atoms with Crippen molar-refractivity contribution in [1.29, 1.82) is 0 Å². The van der Waals surface area contributed by atoms with Gasteiger partial charge in [0.2, 0.25) is 29.6 Å². The molecule has 6 heterocycles. The lowest BCUT2D eigenvalue weighted by atomic mass is 9.77. The number of hydrogen-bond donors (Lipinski definition) is 3. The number of piperidine rings is 3. The number of nitrogens with one attached hydrogen (secondary N) is 3. The van der Waals surface area contributed by atoms with Crippen LogP contribution in [0, 0.1) is 5.41 Å². The van der Waals surface area contributed by atoms with Gasteiger partial charge in [-0.1, -0.05) is 41.9 Å². The molecule has 300 valence electrons. The number of aromatic nitrogens is 3. The summed E-state index contributed by atoms with van der Waals surface area (Å²) in [5.74, 6) is 1.16. The average molecular weight is 802 g/mol. The van der Waals surface area contributed by atoms with E-state index in [1.807, 2.05) is 40.1 Å². The molecule has 5 aliphatic rings. The summed E-state index contributed by atoms with van der Waals surface area (Å²) in [5.41, 5.74) is 6.00. The molecule has 58 heavy (non-hydrogen) atoms. The summed E-state index contributed by atoms with van der Waals surface area (Å²) in [4.78, 5) is 70.7. The predicted octanol–water partition coefficient (Wildman–Crippen LogP) is 6.26. The second kappa shape index (κ2) is 16.1. The fraction of sp³-hybridized carbons (Fsp3) is 0.432. The first-order chi connectivity index (χ1) is 28.2. The van der Waals surface area contributed by atoms with Crippen LogP contribution in [0.15, 0.2) is 73.2 Å². The Morgan fingerprint density at radius 1 is 0.828 bits per heavy atom. The van der Waals surface area contributed by atoms with Gasteiger partial charge in [-0.2, -0.15) is 0 Å². The molecule has 1 unspecified atom stereocenters. The van der Waals surface area contributed by atoms with Crippen LogP contribution >= 0.6 is 11.6 Å². The second-order valence-electron chi connectivity index (χ2n) is 16.5. The Labute approximate surface area is 343 Å². The number of carbonyl (C=O) groups excluding carboxylic acids is 4. The third-order valence-corrected chi connectivity index (χ3v) is 13.0. The van der Waals surface area contributed by atoms with Crippen molar-refractivity contribution in [3.63, 3.8) is 0 Å². The average Bonchev–Trinajstić information content (AvgIpc) is 4.05. The lowest BCUT2D eigenvalue weighted by Crippen LogP contribution is -2.49. The molecule has 1 spiro atoms. The van der Waals surface area contributed by atoms with E-state index >= 15 is 0 Å². The minimum absolute atomic E-state index is 0.125. The van der Waals surface area contributed by atoms with E-state index in [0.717, 1.165) is 49.0 Å². The van der Waals surface area contributed by atoms with Crippen molar-refractivity contribution in [2.75, 3.05) is 54.8 Å². The number of amides is 4. The van der Waals surface area contributed by atoms with Crippen LogP contribution < -0.4 is 20.9 Å². The van der Waals surface area contributed by atoms with Gasteiger partial charge in [0.1, 0.15) is 6.04 Å². The number of anilines is 4. The molecule has 5 fully saturated rings. The molecule has 1 atom stereocenters. The van der Waals surface area contributed by atoms with Gasteiger partial charge in [-0.05, 0) is 112 Å². The molecule has 1 saturated carbocycles. The summed E-state index contributed by atoms with van der Waals surface area (Å²) in [6, 6.07) is 18.1. The van der Waals surface area contributed by atoms with Crippen molar-refractivity contribution < 1.29 is 19.2 Å². The van der Waals surface area contributed by atoms with Crippen molar-refractivity contribution in [3.05, 3.63) is 89.3 Å². The Balaban J connectivity index is 0.749. The first kappa shape index (κ1) is 38.1. The Bertz CT molecular complexity index is 2210. The van der Waals surface area contributed by atoms with Crippen LogP contribution in [0.3, 0.4) is 0 Å². The number of pyridine rings is 1. The van der Waals surface area contributed by atoms with Crippen molar-refractivity contribution in [1.82, 2.24) is 30.1 Å². The Morgan fingerprint density at radius 3 is 2.34 bits per heavy atom. The molecule has 4 amide bonds. The highest BCUT2D eigenvalue weighted by atomic mass is 35.5. The van der Waals surface area contributed by atoms with E-state index in [-0.39, 0.29) is 23.6 Å². The standard InChI is InChI=1S/C44H48ClN9O4/c45-36-26-47-43(51-40(36)32-3-1-2-31(22-32)29-4-5-29)49-34-23-35(25-46-24-34)54-21-16-44(42(54)58)14-19-52(20-15-44)27-39(56)53-17-12-30(13-18-53)28-6-8-33(9-7-28)48-37-10-11-38(55)50-41(37)57/h1-3,6-9,22-26,29-30,37,48H,4-5,10-21,27H2,(H,47,49,51)(H,50,55,57). The van der Waals surface area contributed by atoms with Gasteiger partial charge in [-0.15, -0.1) is 0 Å². The maximum atomic E-state index is 14.0. The van der Waals surface area contributed by atoms with Gasteiger partial charge in [-0.3, -0.25) is 34.4 Å². The van der Waals surface area contributed by atoms with E-state index in [0.29, 0.717) is 86.3 Å². The fourth-order valence-corrected chi connectivity index (χ4v) is 9.27. The molecule has 3 N–H and O–H groups in total. The highest BCUT2D eigenvalue weighted by molar-refractivity contribution is 6.32. The fourth-order valence-electron chi connectivity index (χ4n) is 9.07. The number of hydrogen-bond acceptors (Lipinski definition) is 10. The van der Waals surface area contributed by atoms with Crippen molar-refractivity contribution in [3.8, 4) is 11.3 Å². The number of benzene rings is 2. The van der Waals surface area contributed by atoms with E-state index < -0.39 is 11.5 Å². The lowest BCUT2D eigenvalue weighted by molar-refractivity contribution is -0.135. The largest absolute Gasteiger partial charge is 0.374 e. The van der Waals surface area contributed by atoms with Gasteiger partial charge in [0.15, 0.2) is 0 Å². The minimum atomic E-state index is -0.433. The van der Waals surface area contributed by atoms with Gasteiger partial charge >= 0.3 is 0 Å². The molecule has 4 saturated heterocycles. The number of carbonyl (C=O) groups is 4. The normalized spacial score (nSPS) is 21.3. The van der Waals surface area contributed by atoms with Crippen LogP contribution in [0.1, 0.15) is 80.8 Å². The molecule has 4 aromatic rings. The quantitative estimate of drug-likeness (QED) is 0.157. The molecule has 9 rings (SSSR count). The molecule has 13 nitrogen and oxygen atoms in total. The van der Waals surface area contributed by atoms with Gasteiger partial charge in [0, 0.05) is 37.3 Å². The van der Waals surface area contributed by atoms with Crippen LogP contribution in [0.5, 0.6) is 0 Å². The van der Waals surface area contributed by atoms with Crippen molar-refractivity contribution >= 4 is 58.2 Å². The predicted molar refractivity (Wildman–Crippen MR) is 222 cm³/mol. The summed E-state index contributed by atoms with van der Waals surface area (Å²) in [6.45, 7) is 3.84. The third kappa shape index (κ3) is 8.15. The summed E-state index contributed by atoms with van der Waals surface area (Å²) >= 11 is 6.56. The first-order valence-electron chi connectivity index (χ1n) is 20.6. The smallest absolute Gasteiger partial charge is 0.249 e. The number of nitrogens with zero attached hydrogens (tertiary/aromatic N) is 6. The molecule has 4 aliphatic heterocycles. The molecule has 1 aliphatic carbocycles. The minimum Gasteiger partial charge on any atom is -0.374 e. The lowest BCUT2D eigenvalue weighted by Gasteiger charge is -2.39. The zero-order valence-corrected chi connectivity index (χ0v) is 33.2. The number of rotatable bonds is 10. The van der Waals surface area contributed by atoms with Crippen molar-refractivity contribution in [2.24, 2.45) is 5.41 Å². The molecule has 2 aromatic heterocycles. The molecule has 0 radical (unpaired) electrons. The van der Waals surface area contributed by atoms with Crippen LogP contribution in [-0.2, 0) is 19.2 Å². The molecular weight excluding hydrogens is 754 g/mol. The Kier molecular flexibility index (Phi) is 10.6. The van der Waals surface area contributed by atoms with Gasteiger partial charge in [0.25, 0.3) is 0 Å². The van der Waals surface area contributed by atoms with Crippen LogP contribution in [0.2, 0.25) is 5.02 Å². The SMILES string of the molecule is O=C1CCC(Nc2ccc(C3CCN(C(=O)CN4CCC5(CC4)CCN(c4cncc(Nc6ncc(Cl)c(-c7cccc(C8CC8)c7)n6)c4)C5=O)CC3)cc2)C(=O)N1. The molecule has 2 aromatic carbocycles. The first-order valence-corrected chi connectivity index (χ1v) is 20.9. The van der Waals surface area contributed by atoms with Crippen LogP contribution in [-0.4, -0.2) is 93.7 Å². The Hall–Kier alpha value is -5.40. The van der Waals surface area contributed by atoms with Crippen LogP contribution in [0.25, 0.3) is 11.3 Å². The monoisotopic (exact) mass is 801 g/mol. The number of halogens is 1. The second-order valence-corrected chi connectivity index (χ2v) is 16.9. The molecule has 0 bridgehead atoms.